The minimum Gasteiger partial charge on any atom is -0.325 e. The van der Waals surface area contributed by atoms with Crippen LogP contribution < -0.4 is 5.32 Å². The second-order valence-corrected chi connectivity index (χ2v) is 4.73. The van der Waals surface area contributed by atoms with Gasteiger partial charge in [0.25, 0.3) is 0 Å². The van der Waals surface area contributed by atoms with Gasteiger partial charge in [-0.2, -0.15) is 0 Å². The van der Waals surface area contributed by atoms with Gasteiger partial charge in [-0.25, -0.2) is 9.37 Å². The Morgan fingerprint density at radius 3 is 2.83 bits per heavy atom. The van der Waals surface area contributed by atoms with Crippen LogP contribution in [0.4, 0.5) is 4.39 Å². The lowest BCUT2D eigenvalue weighted by Gasteiger charge is -2.13. The summed E-state index contributed by atoms with van der Waals surface area (Å²) in [6.45, 7) is 8.14. The summed E-state index contributed by atoms with van der Waals surface area (Å²) in [6, 6.07) is 5.07. The first-order valence-corrected chi connectivity index (χ1v) is 6.50. The van der Waals surface area contributed by atoms with Crippen LogP contribution in [-0.4, -0.2) is 22.6 Å². The summed E-state index contributed by atoms with van der Waals surface area (Å²) >= 11 is 0. The Kier molecular flexibility index (Phi) is 3.97. The Morgan fingerprint density at radius 2 is 2.17 bits per heavy atom. The maximum Gasteiger partial charge on any atom is 0.125 e. The molecule has 18 heavy (non-hydrogen) atoms. The standard InChI is InChI=1S/C14H20FN3/c1-4-16-8-7-14-17-12-6-5-11(15)9-13(12)18(14)10(2)3/h5-6,9-10,16H,4,7-8H2,1-3H3. The molecule has 1 heterocycles. The molecule has 1 N–H and O–H groups in total. The highest BCUT2D eigenvalue weighted by molar-refractivity contribution is 5.76. The molecule has 0 aliphatic carbocycles. The van der Waals surface area contributed by atoms with Crippen LogP contribution in [-0.2, 0) is 6.42 Å². The van der Waals surface area contributed by atoms with Crippen LogP contribution in [0.5, 0.6) is 0 Å². The summed E-state index contributed by atoms with van der Waals surface area (Å²) < 4.78 is 15.5. The van der Waals surface area contributed by atoms with Crippen molar-refractivity contribution in [2.45, 2.75) is 33.2 Å². The van der Waals surface area contributed by atoms with E-state index in [2.05, 4.69) is 35.6 Å². The van der Waals surface area contributed by atoms with Gasteiger partial charge in [-0.1, -0.05) is 6.92 Å². The summed E-state index contributed by atoms with van der Waals surface area (Å²) in [5, 5.41) is 3.29. The van der Waals surface area contributed by atoms with Crippen LogP contribution in [0.15, 0.2) is 18.2 Å². The third-order valence-electron chi connectivity index (χ3n) is 3.02. The smallest absolute Gasteiger partial charge is 0.125 e. The molecular formula is C14H20FN3. The van der Waals surface area contributed by atoms with Gasteiger partial charge in [-0.3, -0.25) is 0 Å². The number of hydrogen-bond donors (Lipinski definition) is 1. The van der Waals surface area contributed by atoms with E-state index in [1.165, 1.54) is 6.07 Å². The van der Waals surface area contributed by atoms with E-state index in [0.29, 0.717) is 0 Å². The zero-order valence-electron chi connectivity index (χ0n) is 11.2. The molecule has 0 amide bonds. The highest BCUT2D eigenvalue weighted by atomic mass is 19.1. The summed E-state index contributed by atoms with van der Waals surface area (Å²) in [7, 11) is 0. The first-order chi connectivity index (χ1) is 8.63. The van der Waals surface area contributed by atoms with Gasteiger partial charge in [0.2, 0.25) is 0 Å². The topological polar surface area (TPSA) is 29.9 Å². The molecule has 0 bridgehead atoms. The molecule has 0 spiro atoms. The number of nitrogens with one attached hydrogen (secondary N) is 1. The van der Waals surface area contributed by atoms with Gasteiger partial charge >= 0.3 is 0 Å². The van der Waals surface area contributed by atoms with Gasteiger partial charge in [0, 0.05) is 19.0 Å². The summed E-state index contributed by atoms with van der Waals surface area (Å²) in [5.74, 6) is 0.814. The van der Waals surface area contributed by atoms with Crippen molar-refractivity contribution in [2.75, 3.05) is 13.1 Å². The predicted molar refractivity (Wildman–Crippen MR) is 72.3 cm³/mol. The first kappa shape index (κ1) is 13.0. The Bertz CT molecular complexity index is 531. The molecule has 0 saturated heterocycles. The predicted octanol–water partition coefficient (Wildman–Crippen LogP) is 2.91. The average Bonchev–Trinajstić information content (AvgIpc) is 2.67. The fourth-order valence-corrected chi connectivity index (χ4v) is 2.25. The quantitative estimate of drug-likeness (QED) is 0.826. The maximum atomic E-state index is 13.3. The fraction of sp³-hybridized carbons (Fsp3) is 0.500. The summed E-state index contributed by atoms with van der Waals surface area (Å²) in [4.78, 5) is 4.60. The van der Waals surface area contributed by atoms with Crippen molar-refractivity contribution < 1.29 is 4.39 Å². The number of imidazole rings is 1. The molecule has 0 atom stereocenters. The van der Waals surface area contributed by atoms with E-state index in [-0.39, 0.29) is 11.9 Å². The Hall–Kier alpha value is -1.42. The highest BCUT2D eigenvalue weighted by Gasteiger charge is 2.13. The Labute approximate surface area is 107 Å². The van der Waals surface area contributed by atoms with Crippen LogP contribution in [0.3, 0.4) is 0 Å². The third kappa shape index (κ3) is 2.53. The Balaban J connectivity index is 2.41. The molecule has 0 fully saturated rings. The van der Waals surface area contributed by atoms with Gasteiger partial charge in [-0.15, -0.1) is 0 Å². The van der Waals surface area contributed by atoms with Gasteiger partial charge < -0.3 is 9.88 Å². The van der Waals surface area contributed by atoms with Crippen LogP contribution >= 0.6 is 0 Å². The van der Waals surface area contributed by atoms with E-state index in [0.717, 1.165) is 36.4 Å². The lowest BCUT2D eigenvalue weighted by atomic mass is 10.2. The summed E-state index contributed by atoms with van der Waals surface area (Å²) in [6.07, 6.45) is 0.863. The number of aromatic nitrogens is 2. The molecule has 3 nitrogen and oxygen atoms in total. The molecular weight excluding hydrogens is 229 g/mol. The number of hydrogen-bond acceptors (Lipinski definition) is 2. The van der Waals surface area contributed by atoms with Crippen molar-refractivity contribution in [3.05, 3.63) is 29.8 Å². The SMILES string of the molecule is CCNCCc1nc2ccc(F)cc2n1C(C)C. The van der Waals surface area contributed by atoms with Crippen molar-refractivity contribution in [2.24, 2.45) is 0 Å². The van der Waals surface area contributed by atoms with Crippen LogP contribution in [0, 0.1) is 5.82 Å². The third-order valence-corrected chi connectivity index (χ3v) is 3.02. The molecule has 0 aliphatic rings. The summed E-state index contributed by atoms with van der Waals surface area (Å²) in [5.41, 5.74) is 1.76. The highest BCUT2D eigenvalue weighted by Crippen LogP contribution is 2.22. The minimum atomic E-state index is -0.206. The zero-order chi connectivity index (χ0) is 13.1. The minimum absolute atomic E-state index is 0.206. The number of likely N-dealkylation sites (N-methyl/N-ethyl adjacent to an activating group) is 1. The lowest BCUT2D eigenvalue weighted by Crippen LogP contribution is -2.18. The van der Waals surface area contributed by atoms with E-state index < -0.39 is 0 Å². The molecule has 1 aromatic heterocycles. The van der Waals surface area contributed by atoms with Gasteiger partial charge in [-0.05, 0) is 38.6 Å². The normalized spacial score (nSPS) is 11.6. The van der Waals surface area contributed by atoms with Crippen LogP contribution in [0.2, 0.25) is 0 Å². The van der Waals surface area contributed by atoms with E-state index in [9.17, 15) is 4.39 Å². The monoisotopic (exact) mass is 249 g/mol. The second kappa shape index (κ2) is 5.48. The number of fused-ring (bicyclic) bond motifs is 1. The molecule has 4 heteroatoms. The molecule has 98 valence electrons. The van der Waals surface area contributed by atoms with Crippen molar-refractivity contribution in [1.82, 2.24) is 14.9 Å². The van der Waals surface area contributed by atoms with E-state index in [4.69, 9.17) is 0 Å². The van der Waals surface area contributed by atoms with E-state index in [1.54, 1.807) is 12.1 Å². The number of benzene rings is 1. The van der Waals surface area contributed by atoms with Crippen LogP contribution in [0.25, 0.3) is 11.0 Å². The largest absolute Gasteiger partial charge is 0.325 e. The average molecular weight is 249 g/mol. The van der Waals surface area contributed by atoms with E-state index in [1.807, 2.05) is 0 Å². The first-order valence-electron chi connectivity index (χ1n) is 6.50. The Morgan fingerprint density at radius 1 is 1.39 bits per heavy atom. The van der Waals surface area contributed by atoms with E-state index >= 15 is 0 Å². The second-order valence-electron chi connectivity index (χ2n) is 4.73. The van der Waals surface area contributed by atoms with Crippen molar-refractivity contribution in [3.8, 4) is 0 Å². The molecule has 0 unspecified atom stereocenters. The maximum absolute atomic E-state index is 13.3. The molecule has 2 aromatic rings. The van der Waals surface area contributed by atoms with Crippen molar-refractivity contribution >= 4 is 11.0 Å². The van der Waals surface area contributed by atoms with Gasteiger partial charge in [0.1, 0.15) is 11.6 Å². The van der Waals surface area contributed by atoms with Crippen molar-refractivity contribution in [3.63, 3.8) is 0 Å². The number of nitrogens with zero attached hydrogens (tertiary/aromatic N) is 2. The van der Waals surface area contributed by atoms with Crippen molar-refractivity contribution in [1.29, 1.82) is 0 Å². The van der Waals surface area contributed by atoms with Crippen LogP contribution in [0.1, 0.15) is 32.6 Å². The van der Waals surface area contributed by atoms with Gasteiger partial charge in [0.05, 0.1) is 11.0 Å². The molecule has 0 radical (unpaired) electrons. The molecule has 2 rings (SSSR count). The number of rotatable bonds is 5. The van der Waals surface area contributed by atoms with Gasteiger partial charge in [0.15, 0.2) is 0 Å². The molecule has 1 aromatic carbocycles. The molecule has 0 saturated carbocycles. The fourth-order valence-electron chi connectivity index (χ4n) is 2.25. The number of halogens is 1. The molecule has 0 aliphatic heterocycles. The lowest BCUT2D eigenvalue weighted by molar-refractivity contribution is 0.570. The zero-order valence-corrected chi connectivity index (χ0v) is 11.2.